The van der Waals surface area contributed by atoms with Crippen LogP contribution in [0, 0.1) is 0 Å². The van der Waals surface area contributed by atoms with Gasteiger partial charge in [-0.2, -0.15) is 0 Å². The van der Waals surface area contributed by atoms with Crippen LogP contribution in [0.15, 0.2) is 11.8 Å². The first-order valence-corrected chi connectivity index (χ1v) is 23.7. The molecule has 0 N–H and O–H groups in total. The third kappa shape index (κ3) is 2.96. The molecular weight excluding hydrogens is 309 g/mol. The molecule has 5 heteroatoms. The Balaban J connectivity index is 3.59. The highest BCUT2D eigenvalue weighted by Gasteiger charge is 2.64. The van der Waals surface area contributed by atoms with Gasteiger partial charge in [-0.05, 0) is 24.5 Å². The second-order valence-corrected chi connectivity index (χ2v) is 50.6. The molecule has 1 nitrogen and oxygen atoms in total. The summed E-state index contributed by atoms with van der Waals surface area (Å²) in [6.45, 7) is 22.2. The Bertz CT molecular complexity index is 346. The van der Waals surface area contributed by atoms with E-state index in [9.17, 15) is 5.11 Å². The Morgan fingerprint density at radius 1 is 0.850 bits per heavy atom. The summed E-state index contributed by atoms with van der Waals surface area (Å²) < 4.78 is 0. The maximum atomic E-state index is 12.1. The van der Waals surface area contributed by atoms with E-state index in [0.717, 1.165) is 12.8 Å². The monoisotopic (exact) mass is 343 g/mol. The minimum absolute atomic E-state index is 0.452. The molecule has 1 unspecified atom stereocenters. The molecule has 1 aliphatic carbocycles. The molecule has 0 amide bonds. The van der Waals surface area contributed by atoms with Gasteiger partial charge >= 0.3 is 0 Å². The van der Waals surface area contributed by atoms with E-state index in [1.54, 1.807) is 0 Å². The zero-order valence-corrected chi connectivity index (χ0v) is 19.2. The lowest BCUT2D eigenvalue weighted by molar-refractivity contribution is 0.269. The van der Waals surface area contributed by atoms with Gasteiger partial charge in [0, 0.05) is 35.8 Å². The van der Waals surface area contributed by atoms with Gasteiger partial charge in [-0.1, -0.05) is 58.9 Å². The lowest BCUT2D eigenvalue weighted by atomic mass is 10.1. The summed E-state index contributed by atoms with van der Waals surface area (Å²) in [5, 5.41) is 12.1. The molecule has 1 atom stereocenters. The highest BCUT2D eigenvalue weighted by molar-refractivity contribution is 7.89. The molecule has 0 fully saturated rings. The molecule has 0 bridgehead atoms. The highest BCUT2D eigenvalue weighted by atomic mass is 29.9. The van der Waals surface area contributed by atoms with E-state index in [2.05, 4.69) is 65.0 Å². The summed E-state index contributed by atoms with van der Waals surface area (Å²) in [4.78, 5) is 0. The van der Waals surface area contributed by atoms with E-state index >= 15 is 0 Å². The zero-order valence-electron chi connectivity index (χ0n) is 15.2. The fourth-order valence-electron chi connectivity index (χ4n) is 6.27. The molecule has 0 aromatic rings. The lowest BCUT2D eigenvalue weighted by Crippen LogP contribution is -2.84. The first kappa shape index (κ1) is 18.5. The Hall–Kier alpha value is 0.408. The minimum atomic E-state index is -1.40. The Morgan fingerprint density at radius 2 is 1.25 bits per heavy atom. The smallest absolute Gasteiger partial charge is 0.151 e. The van der Waals surface area contributed by atoms with Crippen LogP contribution < -0.4 is 0 Å². The normalized spacial score (nSPS) is 22.6. The van der Waals surface area contributed by atoms with E-state index in [1.165, 1.54) is 6.42 Å². The van der Waals surface area contributed by atoms with Crippen molar-refractivity contribution in [2.75, 3.05) is 0 Å². The van der Waals surface area contributed by atoms with Crippen molar-refractivity contribution < 1.29 is 5.11 Å². The van der Waals surface area contributed by atoms with Crippen molar-refractivity contribution in [1.82, 2.24) is 0 Å². The van der Waals surface area contributed by atoms with Crippen molar-refractivity contribution in [2.45, 2.75) is 83.7 Å². The first-order chi connectivity index (χ1) is 8.75. The van der Waals surface area contributed by atoms with Crippen molar-refractivity contribution in [2.24, 2.45) is 0 Å². The summed E-state index contributed by atoms with van der Waals surface area (Å²) in [5.41, 5.74) is 0.703. The molecule has 1 radical (unpaired) electrons. The largest absolute Gasteiger partial charge is 0.295 e. The van der Waals surface area contributed by atoms with Gasteiger partial charge in [-0.25, -0.2) is 0 Å². The standard InChI is InChI=1S/C15H35OSi4/c1-17(2,3)20(18(4,5)6,19(7,8)9)15-12-10-11-14(16)13-15/h13,15H,10-12H2,1-9H3. The van der Waals surface area contributed by atoms with Gasteiger partial charge in [-0.3, -0.25) is 5.11 Å². The molecule has 0 spiro atoms. The maximum Gasteiger partial charge on any atom is 0.151 e. The summed E-state index contributed by atoms with van der Waals surface area (Å²) in [6, 6.07) is 0. The van der Waals surface area contributed by atoms with Gasteiger partial charge in [0.1, 0.15) is 0 Å². The highest BCUT2D eigenvalue weighted by Crippen LogP contribution is 2.49. The van der Waals surface area contributed by atoms with Crippen molar-refractivity contribution in [3.8, 4) is 0 Å². The third-order valence-electron chi connectivity index (χ3n) is 5.43. The average molecular weight is 344 g/mol. The van der Waals surface area contributed by atoms with Crippen molar-refractivity contribution in [1.29, 1.82) is 0 Å². The van der Waals surface area contributed by atoms with E-state index in [0.29, 0.717) is 11.3 Å². The topological polar surface area (TPSA) is 19.9 Å². The minimum Gasteiger partial charge on any atom is -0.295 e. The molecule has 1 rings (SSSR count). The van der Waals surface area contributed by atoms with Gasteiger partial charge in [0.25, 0.3) is 0 Å². The fraction of sp³-hybridized carbons (Fsp3) is 0.867. The number of rotatable bonds is 4. The van der Waals surface area contributed by atoms with Crippen LogP contribution in [0.25, 0.3) is 0 Å². The van der Waals surface area contributed by atoms with Crippen LogP contribution in [-0.4, -0.2) is 29.4 Å². The van der Waals surface area contributed by atoms with E-state index < -0.39 is 29.4 Å². The average Bonchev–Trinajstić information content (AvgIpc) is 2.10. The summed E-state index contributed by atoms with van der Waals surface area (Å²) in [7, 11) is -3.74. The van der Waals surface area contributed by atoms with Gasteiger partial charge in [0.05, 0.1) is 0 Å². The molecule has 1 aliphatic rings. The van der Waals surface area contributed by atoms with Crippen LogP contribution in [0.5, 0.6) is 0 Å². The lowest BCUT2D eigenvalue weighted by Gasteiger charge is -2.61. The number of hydrogen-bond donors (Lipinski definition) is 0. The molecule has 0 saturated heterocycles. The Labute approximate surface area is 130 Å². The van der Waals surface area contributed by atoms with Crippen molar-refractivity contribution >= 4 is 29.4 Å². The van der Waals surface area contributed by atoms with Gasteiger partial charge < -0.3 is 0 Å². The summed E-state index contributed by atoms with van der Waals surface area (Å²) >= 11 is 0. The molecule has 0 heterocycles. The molecular formula is C15H35OSi4. The van der Waals surface area contributed by atoms with Crippen LogP contribution >= 0.6 is 0 Å². The third-order valence-corrected chi connectivity index (χ3v) is 79.2. The molecule has 20 heavy (non-hydrogen) atoms. The Morgan fingerprint density at radius 3 is 1.55 bits per heavy atom. The van der Waals surface area contributed by atoms with Crippen LogP contribution in [0.1, 0.15) is 19.3 Å². The molecule has 0 aromatic carbocycles. The molecule has 0 aliphatic heterocycles. The Kier molecular flexibility index (Phi) is 5.13. The van der Waals surface area contributed by atoms with Crippen LogP contribution in [0.4, 0.5) is 0 Å². The maximum absolute atomic E-state index is 12.1. The summed E-state index contributed by atoms with van der Waals surface area (Å²) in [6.07, 6.45) is 5.50. The van der Waals surface area contributed by atoms with Crippen LogP contribution in [0.3, 0.4) is 0 Å². The second kappa shape index (κ2) is 5.55. The van der Waals surface area contributed by atoms with E-state index in [4.69, 9.17) is 0 Å². The second-order valence-electron chi connectivity index (χ2n) is 9.69. The fourth-order valence-corrected chi connectivity index (χ4v) is 110. The number of hydrogen-bond acceptors (Lipinski definition) is 0. The van der Waals surface area contributed by atoms with E-state index in [-0.39, 0.29) is 0 Å². The predicted molar refractivity (Wildman–Crippen MR) is 102 cm³/mol. The summed E-state index contributed by atoms with van der Waals surface area (Å²) in [5.74, 6) is 0.452. The van der Waals surface area contributed by atoms with Crippen molar-refractivity contribution in [3.63, 3.8) is 0 Å². The van der Waals surface area contributed by atoms with E-state index in [1.807, 2.05) is 0 Å². The van der Waals surface area contributed by atoms with Crippen molar-refractivity contribution in [3.05, 3.63) is 11.8 Å². The van der Waals surface area contributed by atoms with Gasteiger partial charge in [0.2, 0.25) is 0 Å². The zero-order chi connectivity index (χ0) is 16.0. The van der Waals surface area contributed by atoms with Crippen LogP contribution in [-0.2, 0) is 5.11 Å². The van der Waals surface area contributed by atoms with Crippen LogP contribution in [0.2, 0.25) is 64.5 Å². The molecule has 0 aromatic heterocycles. The number of allylic oxidation sites excluding steroid dienone is 2. The quantitative estimate of drug-likeness (QED) is 0.596. The van der Waals surface area contributed by atoms with Gasteiger partial charge in [-0.15, -0.1) is 0 Å². The first-order valence-electron chi connectivity index (χ1n) is 8.13. The molecule has 0 saturated carbocycles. The predicted octanol–water partition coefficient (Wildman–Crippen LogP) is 5.55. The SMILES string of the molecule is C[Si](C)(C)[Si](C1C=C([O])CCC1)([Si](C)(C)C)[Si](C)(C)C. The molecule has 117 valence electrons. The van der Waals surface area contributed by atoms with Gasteiger partial charge in [0.15, 0.2) is 5.76 Å².